The zero-order valence-electron chi connectivity index (χ0n) is 37.1. The first kappa shape index (κ1) is 43.4. The van der Waals surface area contributed by atoms with Crippen LogP contribution in [0, 0.1) is 11.8 Å². The van der Waals surface area contributed by atoms with Gasteiger partial charge in [0.2, 0.25) is 11.8 Å². The summed E-state index contributed by atoms with van der Waals surface area (Å²) in [5.74, 6) is 1.75. The molecule has 0 unspecified atom stereocenters. The van der Waals surface area contributed by atoms with Crippen LogP contribution in [0.2, 0.25) is 0 Å². The van der Waals surface area contributed by atoms with E-state index in [9.17, 15) is 19.2 Å². The summed E-state index contributed by atoms with van der Waals surface area (Å²) in [6.45, 7) is 4.08. The highest BCUT2D eigenvalue weighted by Crippen LogP contribution is 2.40. The number of nitrogens with zero attached hydrogens (tertiary/aromatic N) is 6. The maximum Gasteiger partial charge on any atom is 0.253 e. The van der Waals surface area contributed by atoms with Gasteiger partial charge in [-0.2, -0.15) is 0 Å². The minimum Gasteiger partial charge on any atom is -0.381 e. The smallest absolute Gasteiger partial charge is 0.253 e. The third kappa shape index (κ3) is 9.21. The SMILES string of the molecule is COC1CCC(C(=O)N2Cc3cccnc3Nc3ccc(C(=O)N4CCCC4)cc32)CC1.COC1CCC(C(=O)N2Cc3cccnc3Nc3ccc(C(=O)N4CCCC4)cc32)CC1. The van der Waals surface area contributed by atoms with Crippen molar-refractivity contribution in [1.29, 1.82) is 0 Å². The number of carbonyl (C=O) groups excluding carboxylic acids is 4. The third-order valence-electron chi connectivity index (χ3n) is 14.0. The highest BCUT2D eigenvalue weighted by Gasteiger charge is 2.36. The van der Waals surface area contributed by atoms with Gasteiger partial charge in [-0.3, -0.25) is 19.2 Å². The molecule has 10 rings (SSSR count). The molecule has 0 atom stereocenters. The molecule has 6 heterocycles. The van der Waals surface area contributed by atoms with Gasteiger partial charge in [0.15, 0.2) is 0 Å². The Hall–Kier alpha value is -5.86. The monoisotopic (exact) mass is 868 g/mol. The Bertz CT molecular complexity index is 2180. The van der Waals surface area contributed by atoms with E-state index < -0.39 is 0 Å². The first-order chi connectivity index (χ1) is 31.3. The molecule has 2 saturated carbocycles. The van der Waals surface area contributed by atoms with Gasteiger partial charge in [-0.1, -0.05) is 12.1 Å². The van der Waals surface area contributed by atoms with Crippen LogP contribution in [0.4, 0.5) is 34.4 Å². The van der Waals surface area contributed by atoms with Gasteiger partial charge in [0.25, 0.3) is 11.8 Å². The Kier molecular flexibility index (Phi) is 13.2. The van der Waals surface area contributed by atoms with Crippen LogP contribution in [-0.2, 0) is 32.2 Å². The second-order valence-electron chi connectivity index (χ2n) is 18.0. The molecular weight excluding hydrogens is 809 g/mol. The molecule has 2 aromatic carbocycles. The molecule has 0 spiro atoms. The zero-order valence-corrected chi connectivity index (χ0v) is 37.1. The molecule has 4 aromatic rings. The fourth-order valence-corrected chi connectivity index (χ4v) is 10.2. The van der Waals surface area contributed by atoms with Crippen LogP contribution in [0.5, 0.6) is 0 Å². The lowest BCUT2D eigenvalue weighted by atomic mass is 9.86. The van der Waals surface area contributed by atoms with E-state index in [1.165, 1.54) is 0 Å². The normalized spacial score (nSPS) is 22.5. The van der Waals surface area contributed by atoms with Crippen molar-refractivity contribution in [3.05, 3.63) is 95.3 Å². The lowest BCUT2D eigenvalue weighted by Crippen LogP contribution is -2.38. The van der Waals surface area contributed by atoms with Crippen molar-refractivity contribution in [1.82, 2.24) is 19.8 Å². The second kappa shape index (κ2) is 19.5. The number of nitrogens with one attached hydrogen (secondary N) is 2. The molecule has 4 amide bonds. The van der Waals surface area contributed by atoms with Crippen molar-refractivity contribution in [3.63, 3.8) is 0 Å². The first-order valence-corrected chi connectivity index (χ1v) is 23.2. The first-order valence-electron chi connectivity index (χ1n) is 23.2. The number of fused-ring (bicyclic) bond motifs is 4. The molecule has 4 fully saturated rings. The molecule has 4 aliphatic heterocycles. The number of benzene rings is 2. The lowest BCUT2D eigenvalue weighted by Gasteiger charge is -2.32. The molecule has 2 saturated heterocycles. The number of rotatable bonds is 6. The summed E-state index contributed by atoms with van der Waals surface area (Å²) in [5.41, 5.74) is 6.32. The Morgan fingerprint density at radius 3 is 1.31 bits per heavy atom. The summed E-state index contributed by atoms with van der Waals surface area (Å²) >= 11 is 0. The summed E-state index contributed by atoms with van der Waals surface area (Å²) in [4.78, 5) is 70.1. The molecule has 64 heavy (non-hydrogen) atoms. The number of anilines is 6. The van der Waals surface area contributed by atoms with Crippen LogP contribution in [0.15, 0.2) is 73.1 Å². The summed E-state index contributed by atoms with van der Waals surface area (Å²) in [5, 5.41) is 6.79. The highest BCUT2D eigenvalue weighted by molar-refractivity contribution is 6.04. The maximum absolute atomic E-state index is 13.8. The van der Waals surface area contributed by atoms with Crippen LogP contribution in [0.1, 0.15) is 109 Å². The zero-order chi connectivity index (χ0) is 44.2. The standard InChI is InChI=1S/2C25H30N4O3/c2*1-32-20-9-6-17(7-10-20)25(31)29-16-19-5-4-12-26-23(19)27-21-11-8-18(15-22(21)29)24(30)28-13-2-3-14-28/h2*4-5,8,11-12,15,17,20H,2-3,6-7,9-10,13-14,16H2,1H3,(H,26,27). The number of amides is 4. The van der Waals surface area contributed by atoms with Gasteiger partial charge < -0.3 is 39.7 Å². The van der Waals surface area contributed by atoms with Gasteiger partial charge in [0, 0.05) is 86.9 Å². The summed E-state index contributed by atoms with van der Waals surface area (Å²) in [6.07, 6.45) is 15.1. The van der Waals surface area contributed by atoms with E-state index in [1.807, 2.05) is 80.3 Å². The number of pyridine rings is 2. The van der Waals surface area contributed by atoms with Crippen LogP contribution in [0.3, 0.4) is 0 Å². The van der Waals surface area contributed by atoms with E-state index in [-0.39, 0.29) is 47.7 Å². The number of ether oxygens (including phenoxy) is 2. The van der Waals surface area contributed by atoms with Crippen molar-refractivity contribution in [2.24, 2.45) is 11.8 Å². The van der Waals surface area contributed by atoms with E-state index in [0.29, 0.717) is 24.2 Å². The molecule has 2 aliphatic carbocycles. The van der Waals surface area contributed by atoms with Gasteiger partial charge >= 0.3 is 0 Å². The van der Waals surface area contributed by atoms with Crippen molar-refractivity contribution in [2.45, 2.75) is 102 Å². The fourth-order valence-electron chi connectivity index (χ4n) is 10.2. The van der Waals surface area contributed by atoms with Crippen molar-refractivity contribution in [3.8, 4) is 0 Å². The average molecular weight is 869 g/mol. The fraction of sp³-hybridized carbons (Fsp3) is 0.480. The minimum atomic E-state index is -0.0367. The Balaban J connectivity index is 0.000000162. The van der Waals surface area contributed by atoms with Crippen molar-refractivity contribution < 1.29 is 28.7 Å². The number of carbonyl (C=O) groups is 4. The van der Waals surface area contributed by atoms with Gasteiger partial charge in [0.1, 0.15) is 11.6 Å². The van der Waals surface area contributed by atoms with Crippen molar-refractivity contribution >= 4 is 58.0 Å². The third-order valence-corrected chi connectivity index (χ3v) is 14.0. The molecular formula is C50H60N8O6. The van der Waals surface area contributed by atoms with E-state index in [2.05, 4.69) is 20.6 Å². The highest BCUT2D eigenvalue weighted by atomic mass is 16.5. The maximum atomic E-state index is 13.8. The number of likely N-dealkylation sites (tertiary alicyclic amines) is 2. The van der Waals surface area contributed by atoms with E-state index in [4.69, 9.17) is 9.47 Å². The Morgan fingerprint density at radius 2 is 0.938 bits per heavy atom. The predicted octanol–water partition coefficient (Wildman–Crippen LogP) is 8.23. The number of hydrogen-bond donors (Lipinski definition) is 2. The molecule has 336 valence electrons. The summed E-state index contributed by atoms with van der Waals surface area (Å²) < 4.78 is 11.0. The van der Waals surface area contributed by atoms with Gasteiger partial charge in [-0.25, -0.2) is 9.97 Å². The van der Waals surface area contributed by atoms with E-state index in [1.54, 1.807) is 26.6 Å². The molecule has 2 aromatic heterocycles. The second-order valence-corrected chi connectivity index (χ2v) is 18.0. The predicted molar refractivity (Wildman–Crippen MR) is 246 cm³/mol. The number of hydrogen-bond acceptors (Lipinski definition) is 10. The Labute approximate surface area is 375 Å². The molecule has 0 radical (unpaired) electrons. The number of aromatic nitrogens is 2. The Morgan fingerprint density at radius 1 is 0.547 bits per heavy atom. The summed E-state index contributed by atoms with van der Waals surface area (Å²) in [7, 11) is 3.48. The topological polar surface area (TPSA) is 150 Å². The molecule has 14 nitrogen and oxygen atoms in total. The average Bonchev–Trinajstić information content (AvgIpc) is 4.04. The van der Waals surface area contributed by atoms with Crippen LogP contribution >= 0.6 is 0 Å². The van der Waals surface area contributed by atoms with Crippen molar-refractivity contribution in [2.75, 3.05) is 60.8 Å². The largest absolute Gasteiger partial charge is 0.381 e. The van der Waals surface area contributed by atoms with Crippen LogP contribution in [-0.4, -0.2) is 96.0 Å². The number of methoxy groups -OCH3 is 2. The summed E-state index contributed by atoms with van der Waals surface area (Å²) in [6, 6.07) is 19.1. The quantitative estimate of drug-likeness (QED) is 0.194. The van der Waals surface area contributed by atoms with E-state index in [0.717, 1.165) is 149 Å². The molecule has 6 aliphatic rings. The molecule has 14 heteroatoms. The van der Waals surface area contributed by atoms with Crippen LogP contribution < -0.4 is 20.4 Å². The lowest BCUT2D eigenvalue weighted by molar-refractivity contribution is -0.125. The van der Waals surface area contributed by atoms with E-state index >= 15 is 0 Å². The van der Waals surface area contributed by atoms with Gasteiger partial charge in [0.05, 0.1) is 48.0 Å². The molecule has 2 N–H and O–H groups in total. The molecule has 0 bridgehead atoms. The van der Waals surface area contributed by atoms with Gasteiger partial charge in [-0.15, -0.1) is 0 Å². The van der Waals surface area contributed by atoms with Crippen LogP contribution in [0.25, 0.3) is 0 Å². The minimum absolute atomic E-state index is 0.0367. The van der Waals surface area contributed by atoms with Gasteiger partial charge in [-0.05, 0) is 126 Å².